The van der Waals surface area contributed by atoms with Gasteiger partial charge in [-0.15, -0.1) is 13.2 Å². The van der Waals surface area contributed by atoms with Gasteiger partial charge in [0, 0.05) is 18.3 Å². The van der Waals surface area contributed by atoms with Gasteiger partial charge in [-0.05, 0) is 30.7 Å². The van der Waals surface area contributed by atoms with Crippen molar-refractivity contribution in [2.24, 2.45) is 0 Å². The summed E-state index contributed by atoms with van der Waals surface area (Å²) in [6.07, 6.45) is -4.76. The summed E-state index contributed by atoms with van der Waals surface area (Å²) < 4.78 is 68.2. The first-order valence-corrected chi connectivity index (χ1v) is 8.08. The average Bonchev–Trinajstić information content (AvgIpc) is 2.94. The van der Waals surface area contributed by atoms with E-state index in [2.05, 4.69) is 10.1 Å². The van der Waals surface area contributed by atoms with Gasteiger partial charge in [0.25, 0.3) is 5.91 Å². The zero-order valence-electron chi connectivity index (χ0n) is 14.1. The first kappa shape index (κ1) is 19.6. The lowest BCUT2D eigenvalue weighted by Gasteiger charge is -2.18. The molecule has 2 aromatic rings. The van der Waals surface area contributed by atoms with Crippen LogP contribution in [0.15, 0.2) is 42.5 Å². The molecule has 0 aliphatic carbocycles. The Morgan fingerprint density at radius 2 is 1.75 bits per heavy atom. The monoisotopic (exact) mass is 400 g/mol. The lowest BCUT2D eigenvalue weighted by molar-refractivity contribution is -0.274. The standard InChI is InChI=1S/C18H13F5N2O3/c19-12-5-2-6-13(20)15(12)16(26)24-14-7-8-25(17(14)27)10-3-1-4-11(9-10)28-18(21,22)23/h1-6,9,14H,7-8H2,(H,24,26). The minimum absolute atomic E-state index is 0.0962. The van der Waals surface area contributed by atoms with Crippen LogP contribution in [0.5, 0.6) is 5.75 Å². The number of ether oxygens (including phenoxy) is 1. The molecule has 2 aromatic carbocycles. The minimum atomic E-state index is -4.88. The number of carbonyl (C=O) groups excluding carboxylic acids is 2. The van der Waals surface area contributed by atoms with Crippen LogP contribution >= 0.6 is 0 Å². The molecule has 1 fully saturated rings. The smallest absolute Gasteiger partial charge is 0.406 e. The molecule has 1 unspecified atom stereocenters. The largest absolute Gasteiger partial charge is 0.573 e. The van der Waals surface area contributed by atoms with Gasteiger partial charge in [-0.25, -0.2) is 8.78 Å². The zero-order valence-corrected chi connectivity index (χ0v) is 14.1. The maximum atomic E-state index is 13.7. The molecule has 28 heavy (non-hydrogen) atoms. The predicted molar refractivity (Wildman–Crippen MR) is 87.7 cm³/mol. The fourth-order valence-corrected chi connectivity index (χ4v) is 2.86. The number of nitrogens with one attached hydrogen (secondary N) is 1. The second kappa shape index (κ2) is 7.45. The summed E-state index contributed by atoms with van der Waals surface area (Å²) in [6, 6.07) is 6.65. The van der Waals surface area contributed by atoms with Crippen molar-refractivity contribution < 1.29 is 36.3 Å². The minimum Gasteiger partial charge on any atom is -0.406 e. The summed E-state index contributed by atoms with van der Waals surface area (Å²) in [7, 11) is 0. The molecule has 1 heterocycles. The number of anilines is 1. The van der Waals surface area contributed by atoms with E-state index in [4.69, 9.17) is 0 Å². The number of alkyl halides is 3. The Hall–Kier alpha value is -3.17. The van der Waals surface area contributed by atoms with Crippen molar-refractivity contribution >= 4 is 17.5 Å². The summed E-state index contributed by atoms with van der Waals surface area (Å²) in [5.74, 6) is -4.36. The average molecular weight is 400 g/mol. The molecule has 1 saturated heterocycles. The van der Waals surface area contributed by atoms with E-state index >= 15 is 0 Å². The van der Waals surface area contributed by atoms with Gasteiger partial charge in [-0.3, -0.25) is 9.59 Å². The molecule has 1 atom stereocenters. The third kappa shape index (κ3) is 4.21. The zero-order chi connectivity index (χ0) is 20.5. The van der Waals surface area contributed by atoms with E-state index < -0.39 is 47.2 Å². The highest BCUT2D eigenvalue weighted by atomic mass is 19.4. The van der Waals surface area contributed by atoms with E-state index in [1.165, 1.54) is 12.1 Å². The van der Waals surface area contributed by atoms with E-state index in [-0.39, 0.29) is 18.7 Å². The quantitative estimate of drug-likeness (QED) is 0.801. The maximum absolute atomic E-state index is 13.7. The molecular formula is C18H13F5N2O3. The first-order chi connectivity index (χ1) is 13.2. The van der Waals surface area contributed by atoms with Gasteiger partial charge in [0.1, 0.15) is 29.0 Å². The molecule has 148 valence electrons. The van der Waals surface area contributed by atoms with Gasteiger partial charge in [-0.2, -0.15) is 0 Å². The number of rotatable bonds is 4. The van der Waals surface area contributed by atoms with E-state index in [9.17, 15) is 31.5 Å². The van der Waals surface area contributed by atoms with Gasteiger partial charge < -0.3 is 15.0 Å². The topological polar surface area (TPSA) is 58.6 Å². The van der Waals surface area contributed by atoms with E-state index in [0.29, 0.717) is 0 Å². The van der Waals surface area contributed by atoms with Crippen LogP contribution in [0.1, 0.15) is 16.8 Å². The highest BCUT2D eigenvalue weighted by Gasteiger charge is 2.35. The number of nitrogens with zero attached hydrogens (tertiary/aromatic N) is 1. The number of hydrogen-bond acceptors (Lipinski definition) is 3. The van der Waals surface area contributed by atoms with Crippen molar-refractivity contribution in [3.05, 3.63) is 59.7 Å². The van der Waals surface area contributed by atoms with Gasteiger partial charge in [0.15, 0.2) is 0 Å². The summed E-state index contributed by atoms with van der Waals surface area (Å²) in [5.41, 5.74) is -0.671. The van der Waals surface area contributed by atoms with Crippen molar-refractivity contribution in [2.75, 3.05) is 11.4 Å². The molecule has 1 aliphatic heterocycles. The summed E-state index contributed by atoms with van der Waals surface area (Å²) in [6.45, 7) is 0.0962. The molecule has 3 rings (SSSR count). The summed E-state index contributed by atoms with van der Waals surface area (Å²) >= 11 is 0. The Morgan fingerprint density at radius 1 is 1.11 bits per heavy atom. The van der Waals surface area contributed by atoms with Gasteiger partial charge >= 0.3 is 6.36 Å². The van der Waals surface area contributed by atoms with E-state index in [1.807, 2.05) is 0 Å². The van der Waals surface area contributed by atoms with Crippen LogP contribution < -0.4 is 15.0 Å². The van der Waals surface area contributed by atoms with Crippen molar-refractivity contribution in [1.29, 1.82) is 0 Å². The van der Waals surface area contributed by atoms with Crippen molar-refractivity contribution in [3.63, 3.8) is 0 Å². The molecule has 5 nitrogen and oxygen atoms in total. The number of benzene rings is 2. The lowest BCUT2D eigenvalue weighted by Crippen LogP contribution is -2.42. The first-order valence-electron chi connectivity index (χ1n) is 8.08. The lowest BCUT2D eigenvalue weighted by atomic mass is 10.1. The Labute approximate surface area is 155 Å². The molecule has 0 spiro atoms. The Bertz CT molecular complexity index is 896. The van der Waals surface area contributed by atoms with Crippen LogP contribution in [-0.2, 0) is 4.79 Å². The van der Waals surface area contributed by atoms with Gasteiger partial charge in [0.2, 0.25) is 5.91 Å². The molecule has 0 aromatic heterocycles. The van der Waals surface area contributed by atoms with Crippen molar-refractivity contribution in [2.45, 2.75) is 18.8 Å². The number of hydrogen-bond donors (Lipinski definition) is 1. The molecule has 1 N–H and O–H groups in total. The number of carbonyl (C=O) groups is 2. The van der Waals surface area contributed by atoms with Crippen LogP contribution in [0.3, 0.4) is 0 Å². The number of amides is 2. The number of halogens is 5. The maximum Gasteiger partial charge on any atom is 0.573 e. The van der Waals surface area contributed by atoms with E-state index in [1.54, 1.807) is 0 Å². The highest BCUT2D eigenvalue weighted by Crippen LogP contribution is 2.29. The molecule has 1 aliphatic rings. The van der Waals surface area contributed by atoms with Crippen LogP contribution in [0, 0.1) is 11.6 Å². The normalized spacial score (nSPS) is 17.0. The Balaban J connectivity index is 1.73. The molecule has 0 radical (unpaired) electrons. The molecule has 0 saturated carbocycles. The second-order valence-electron chi connectivity index (χ2n) is 5.95. The van der Waals surface area contributed by atoms with Crippen LogP contribution in [0.25, 0.3) is 0 Å². The Kier molecular flexibility index (Phi) is 5.21. The highest BCUT2D eigenvalue weighted by molar-refractivity contribution is 6.04. The van der Waals surface area contributed by atoms with Crippen molar-refractivity contribution in [3.8, 4) is 5.75 Å². The van der Waals surface area contributed by atoms with Crippen LogP contribution in [-0.4, -0.2) is 30.8 Å². The second-order valence-corrected chi connectivity index (χ2v) is 5.95. The Morgan fingerprint density at radius 3 is 2.39 bits per heavy atom. The fourth-order valence-electron chi connectivity index (χ4n) is 2.86. The predicted octanol–water partition coefficient (Wildman–Crippen LogP) is 3.40. The van der Waals surface area contributed by atoms with Crippen LogP contribution in [0.4, 0.5) is 27.6 Å². The summed E-state index contributed by atoms with van der Waals surface area (Å²) in [4.78, 5) is 25.8. The van der Waals surface area contributed by atoms with Gasteiger partial charge in [-0.1, -0.05) is 12.1 Å². The summed E-state index contributed by atoms with van der Waals surface area (Å²) in [5, 5.41) is 2.26. The van der Waals surface area contributed by atoms with E-state index in [0.717, 1.165) is 35.2 Å². The third-order valence-electron chi connectivity index (χ3n) is 4.06. The van der Waals surface area contributed by atoms with Crippen molar-refractivity contribution in [1.82, 2.24) is 5.32 Å². The van der Waals surface area contributed by atoms with Gasteiger partial charge in [0.05, 0.1) is 0 Å². The van der Waals surface area contributed by atoms with Crippen LogP contribution in [0.2, 0.25) is 0 Å². The third-order valence-corrected chi connectivity index (χ3v) is 4.06. The molecule has 0 bridgehead atoms. The SMILES string of the molecule is O=C(NC1CCN(c2cccc(OC(F)(F)F)c2)C1=O)c1c(F)cccc1F. The fraction of sp³-hybridized carbons (Fsp3) is 0.222. The molecule has 10 heteroatoms. The molecule has 2 amide bonds. The molecular weight excluding hydrogens is 387 g/mol.